The zero-order valence-electron chi connectivity index (χ0n) is 28.5. The zero-order chi connectivity index (χ0) is 29.3. The predicted octanol–water partition coefficient (Wildman–Crippen LogP) is 5.41. The molecule has 0 rings (SSSR count). The standard InChI is InChI=1S/2C14H32N3.C3H7.Ga/c2*1-7-16(8-2)13(5)11-15-12-14(6)17(9-3)10-4;1-3-2;/h2*13-14H,7-12H2,1-6H3;1,3H2,2H3;/q2*-1;;+2. The van der Waals surface area contributed by atoms with Gasteiger partial charge in [0.05, 0.1) is 0 Å². The fraction of sp³-hybridized carbons (Fsp3) is 1.00. The summed E-state index contributed by atoms with van der Waals surface area (Å²) in [5.41, 5.74) is 0. The van der Waals surface area contributed by atoms with Crippen molar-refractivity contribution in [1.29, 1.82) is 0 Å². The van der Waals surface area contributed by atoms with Gasteiger partial charge in [0.1, 0.15) is 0 Å². The maximum absolute atomic E-state index is 3.08. The molecule has 7 heteroatoms. The van der Waals surface area contributed by atoms with E-state index in [1.54, 1.807) is 0 Å². The van der Waals surface area contributed by atoms with E-state index in [1.165, 1.54) is 37.6 Å². The molecule has 0 spiro atoms. The van der Waals surface area contributed by atoms with Gasteiger partial charge in [-0.25, -0.2) is 0 Å². The van der Waals surface area contributed by atoms with Gasteiger partial charge in [-0.05, 0) is 0 Å². The van der Waals surface area contributed by atoms with E-state index < -0.39 is 16.7 Å². The molecule has 0 fully saturated rings. The number of nitrogens with zero attached hydrogens (tertiary/aromatic N) is 6. The Kier molecular flexibility index (Phi) is 22.3. The van der Waals surface area contributed by atoms with Crippen LogP contribution < -0.4 is 0 Å². The van der Waals surface area contributed by atoms with Gasteiger partial charge in [-0.1, -0.05) is 0 Å². The fourth-order valence-electron chi connectivity index (χ4n) is 6.70. The summed E-state index contributed by atoms with van der Waals surface area (Å²) in [7, 11) is 0. The summed E-state index contributed by atoms with van der Waals surface area (Å²) in [6.45, 7) is 45.0. The van der Waals surface area contributed by atoms with Crippen LogP contribution in [-0.2, 0) is 0 Å². The molecule has 0 aliphatic carbocycles. The summed E-state index contributed by atoms with van der Waals surface area (Å²) >= 11 is -2.03. The molecule has 0 radical (unpaired) electrons. The molecule has 0 amide bonds. The second kappa shape index (κ2) is 22.1. The first-order chi connectivity index (χ1) is 18.1. The van der Waals surface area contributed by atoms with E-state index in [0.717, 1.165) is 52.4 Å². The third-order valence-electron chi connectivity index (χ3n) is 9.13. The number of likely N-dealkylation sites (N-methyl/N-ethyl adjacent to an activating group) is 4. The second-order valence-electron chi connectivity index (χ2n) is 11.5. The fourth-order valence-corrected chi connectivity index (χ4v) is 14.9. The molecule has 0 aliphatic heterocycles. The van der Waals surface area contributed by atoms with Gasteiger partial charge in [-0.3, -0.25) is 0 Å². The molecule has 4 atom stereocenters. The summed E-state index contributed by atoms with van der Waals surface area (Å²) in [5, 5.41) is 0. The van der Waals surface area contributed by atoms with Crippen molar-refractivity contribution in [2.75, 3.05) is 78.5 Å². The Balaban J connectivity index is 6.45. The van der Waals surface area contributed by atoms with Gasteiger partial charge >= 0.3 is 248 Å². The molecule has 228 valence electrons. The van der Waals surface area contributed by atoms with Crippen LogP contribution in [0.1, 0.15) is 96.4 Å². The number of hydrogen-bond donors (Lipinski definition) is 0. The first-order valence-corrected chi connectivity index (χ1v) is 20.4. The molecule has 0 aromatic carbocycles. The Bertz CT molecular complexity index is 452. The Hall–Kier alpha value is 0.396. The van der Waals surface area contributed by atoms with Crippen molar-refractivity contribution in [2.24, 2.45) is 0 Å². The molecule has 0 bridgehead atoms. The minimum absolute atomic E-state index is 0.598. The molecule has 0 aromatic rings. The van der Waals surface area contributed by atoms with Crippen molar-refractivity contribution in [1.82, 2.24) is 26.8 Å². The molecule has 0 saturated heterocycles. The number of hydrogen-bond acceptors (Lipinski definition) is 6. The molecule has 0 saturated carbocycles. The van der Waals surface area contributed by atoms with Crippen molar-refractivity contribution in [2.45, 2.75) is 126 Å². The van der Waals surface area contributed by atoms with E-state index in [2.05, 4.69) is 117 Å². The second-order valence-corrected chi connectivity index (χ2v) is 17.8. The van der Waals surface area contributed by atoms with Gasteiger partial charge in [-0.15, -0.1) is 0 Å². The van der Waals surface area contributed by atoms with Crippen LogP contribution in [0.5, 0.6) is 0 Å². The molecular weight excluding hydrogens is 526 g/mol. The first kappa shape index (κ1) is 38.4. The normalized spacial score (nSPS) is 15.9. The van der Waals surface area contributed by atoms with E-state index in [-0.39, 0.29) is 0 Å². The molecule has 0 N–H and O–H groups in total. The van der Waals surface area contributed by atoms with Crippen LogP contribution >= 0.6 is 0 Å². The summed E-state index contributed by atoms with van der Waals surface area (Å²) < 4.78 is 6.15. The molecule has 0 aliphatic rings. The Morgan fingerprint density at radius 1 is 0.395 bits per heavy atom. The molecule has 38 heavy (non-hydrogen) atoms. The van der Waals surface area contributed by atoms with E-state index in [1.807, 2.05) is 0 Å². The minimum atomic E-state index is -2.03. The third-order valence-corrected chi connectivity index (χ3v) is 16.7. The van der Waals surface area contributed by atoms with Crippen molar-refractivity contribution in [3.8, 4) is 0 Å². The average Bonchev–Trinajstić information content (AvgIpc) is 2.89. The Labute approximate surface area is 247 Å². The zero-order valence-corrected chi connectivity index (χ0v) is 30.9. The van der Waals surface area contributed by atoms with Crippen molar-refractivity contribution >= 4 is 16.7 Å². The molecule has 0 heterocycles. The van der Waals surface area contributed by atoms with Gasteiger partial charge < -0.3 is 0 Å². The summed E-state index contributed by atoms with van der Waals surface area (Å²) in [6.07, 6.45) is 1.30. The van der Waals surface area contributed by atoms with Crippen molar-refractivity contribution in [3.05, 3.63) is 0 Å². The predicted molar refractivity (Wildman–Crippen MR) is 174 cm³/mol. The molecule has 6 nitrogen and oxygen atoms in total. The van der Waals surface area contributed by atoms with Crippen LogP contribution in [0.2, 0.25) is 4.98 Å². The van der Waals surface area contributed by atoms with Crippen LogP contribution in [0.25, 0.3) is 0 Å². The van der Waals surface area contributed by atoms with Gasteiger partial charge in [0.2, 0.25) is 0 Å². The van der Waals surface area contributed by atoms with Gasteiger partial charge in [0.25, 0.3) is 0 Å². The van der Waals surface area contributed by atoms with Crippen LogP contribution in [-0.4, -0.2) is 146 Å². The van der Waals surface area contributed by atoms with Crippen LogP contribution in [0, 0.1) is 0 Å². The SMILES string of the molecule is CC[CH2][Ga]([N](CC(C)N(CC)CC)CC(C)N(CC)CC)[N](CC(C)N(CC)CC)CC(C)N(CC)CC. The van der Waals surface area contributed by atoms with E-state index in [9.17, 15) is 0 Å². The quantitative estimate of drug-likeness (QED) is 0.138. The van der Waals surface area contributed by atoms with E-state index in [4.69, 9.17) is 0 Å². The summed E-state index contributed by atoms with van der Waals surface area (Å²) in [5.74, 6) is 0. The molecule has 0 aromatic heterocycles. The van der Waals surface area contributed by atoms with Crippen LogP contribution in [0.3, 0.4) is 0 Å². The first-order valence-electron chi connectivity index (χ1n) is 16.6. The van der Waals surface area contributed by atoms with E-state index in [0.29, 0.717) is 24.2 Å². The van der Waals surface area contributed by atoms with Gasteiger partial charge in [-0.2, -0.15) is 0 Å². The van der Waals surface area contributed by atoms with Crippen molar-refractivity contribution < 1.29 is 0 Å². The maximum atomic E-state index is 3.08. The van der Waals surface area contributed by atoms with Crippen molar-refractivity contribution in [3.63, 3.8) is 0 Å². The van der Waals surface area contributed by atoms with Gasteiger partial charge in [0, 0.05) is 0 Å². The van der Waals surface area contributed by atoms with E-state index >= 15 is 0 Å². The Morgan fingerprint density at radius 3 is 0.763 bits per heavy atom. The summed E-state index contributed by atoms with van der Waals surface area (Å²) in [6, 6.07) is 2.39. The monoisotopic (exact) mass is 596 g/mol. The third kappa shape index (κ3) is 12.9. The molecule has 4 unspecified atom stereocenters. The van der Waals surface area contributed by atoms with Crippen LogP contribution in [0.4, 0.5) is 0 Å². The van der Waals surface area contributed by atoms with Crippen LogP contribution in [0.15, 0.2) is 0 Å². The average molecular weight is 598 g/mol. The topological polar surface area (TPSA) is 19.4 Å². The van der Waals surface area contributed by atoms with Gasteiger partial charge in [0.15, 0.2) is 0 Å². The Morgan fingerprint density at radius 2 is 0.605 bits per heavy atom. The molecular formula is C31H71GaN6. The summed E-state index contributed by atoms with van der Waals surface area (Å²) in [4.78, 5) is 12.1. The number of rotatable bonds is 24.